The van der Waals surface area contributed by atoms with Gasteiger partial charge in [0.05, 0.1) is 25.2 Å². The van der Waals surface area contributed by atoms with Crippen molar-refractivity contribution >= 4 is 0 Å². The topological polar surface area (TPSA) is 68.2 Å². The Hall–Kier alpha value is -2.82. The molecule has 5 nitrogen and oxygen atoms in total. The van der Waals surface area contributed by atoms with Crippen LogP contribution in [0.3, 0.4) is 0 Å². The molecule has 4 rings (SSSR count). The van der Waals surface area contributed by atoms with Gasteiger partial charge in [0.25, 0.3) is 0 Å². The molecule has 26 heavy (non-hydrogen) atoms. The molecular weight excluding hydrogens is 332 g/mol. The van der Waals surface area contributed by atoms with Crippen LogP contribution in [-0.4, -0.2) is 23.9 Å². The molecule has 2 heterocycles. The SMILES string of the molecule is COc1c(CC=C(C)C)c(O)cc2c1C1Oc3cc(O)ccc3C1CO2. The number of methoxy groups -OCH3 is 1. The molecule has 0 saturated heterocycles. The van der Waals surface area contributed by atoms with Gasteiger partial charge in [-0.3, -0.25) is 0 Å². The Morgan fingerprint density at radius 3 is 2.77 bits per heavy atom. The third-order valence-electron chi connectivity index (χ3n) is 5.00. The molecule has 0 spiro atoms. The Morgan fingerprint density at radius 2 is 2.04 bits per heavy atom. The first kappa shape index (κ1) is 16.6. The smallest absolute Gasteiger partial charge is 0.141 e. The zero-order valence-electron chi connectivity index (χ0n) is 15.1. The number of hydrogen-bond acceptors (Lipinski definition) is 5. The Kier molecular flexibility index (Phi) is 3.94. The monoisotopic (exact) mass is 354 g/mol. The van der Waals surface area contributed by atoms with Crippen LogP contribution in [0.15, 0.2) is 35.9 Å². The number of hydrogen-bond donors (Lipinski definition) is 2. The minimum absolute atomic E-state index is 0.0212. The zero-order chi connectivity index (χ0) is 18.4. The highest BCUT2D eigenvalue weighted by Gasteiger charge is 2.43. The van der Waals surface area contributed by atoms with Crippen LogP contribution in [-0.2, 0) is 6.42 Å². The molecular formula is C21H22O5. The number of allylic oxidation sites excluding steroid dienone is 2. The first-order valence-corrected chi connectivity index (χ1v) is 8.68. The van der Waals surface area contributed by atoms with Crippen LogP contribution in [0.2, 0.25) is 0 Å². The summed E-state index contributed by atoms with van der Waals surface area (Å²) in [6, 6.07) is 6.81. The molecule has 0 saturated carbocycles. The largest absolute Gasteiger partial charge is 0.508 e. The second kappa shape index (κ2) is 6.16. The lowest BCUT2D eigenvalue weighted by atomic mass is 9.87. The van der Waals surface area contributed by atoms with Crippen LogP contribution in [0.1, 0.15) is 42.6 Å². The van der Waals surface area contributed by atoms with E-state index in [0.717, 1.165) is 16.7 Å². The summed E-state index contributed by atoms with van der Waals surface area (Å²) in [6.07, 6.45) is 2.35. The molecule has 2 aliphatic heterocycles. The van der Waals surface area contributed by atoms with E-state index in [2.05, 4.69) is 0 Å². The molecule has 2 unspecified atom stereocenters. The van der Waals surface area contributed by atoms with Crippen molar-refractivity contribution in [1.82, 2.24) is 0 Å². The fourth-order valence-corrected chi connectivity index (χ4v) is 3.74. The van der Waals surface area contributed by atoms with Gasteiger partial charge in [0.15, 0.2) is 0 Å². The van der Waals surface area contributed by atoms with Crippen LogP contribution in [0.5, 0.6) is 28.7 Å². The predicted molar refractivity (Wildman–Crippen MR) is 97.5 cm³/mol. The lowest BCUT2D eigenvalue weighted by molar-refractivity contribution is 0.135. The lowest BCUT2D eigenvalue weighted by Crippen LogP contribution is -2.24. The van der Waals surface area contributed by atoms with Gasteiger partial charge >= 0.3 is 0 Å². The van der Waals surface area contributed by atoms with E-state index in [1.165, 1.54) is 5.57 Å². The van der Waals surface area contributed by atoms with Crippen molar-refractivity contribution in [2.24, 2.45) is 0 Å². The summed E-state index contributed by atoms with van der Waals surface area (Å²) < 4.78 is 17.8. The fraction of sp³-hybridized carbons (Fsp3) is 0.333. The third kappa shape index (κ3) is 2.55. The standard InChI is InChI=1S/C21H22O5/c1-11(2)4-6-14-16(23)9-18-19(20(14)24-3)21-15(10-25-18)13-7-5-12(22)8-17(13)26-21/h4-5,7-9,15,21-23H,6,10H2,1-3H3. The molecule has 0 aromatic heterocycles. The van der Waals surface area contributed by atoms with Gasteiger partial charge in [-0.2, -0.15) is 0 Å². The van der Waals surface area contributed by atoms with E-state index in [1.54, 1.807) is 25.3 Å². The van der Waals surface area contributed by atoms with E-state index in [0.29, 0.717) is 30.3 Å². The zero-order valence-corrected chi connectivity index (χ0v) is 15.1. The van der Waals surface area contributed by atoms with E-state index >= 15 is 0 Å². The average Bonchev–Trinajstić information content (AvgIpc) is 2.96. The minimum atomic E-state index is -0.267. The highest BCUT2D eigenvalue weighted by Crippen LogP contribution is 2.56. The van der Waals surface area contributed by atoms with Crippen molar-refractivity contribution < 1.29 is 24.4 Å². The normalized spacial score (nSPS) is 19.5. The maximum atomic E-state index is 10.5. The van der Waals surface area contributed by atoms with E-state index in [1.807, 2.05) is 26.0 Å². The number of phenolic OH excluding ortho intramolecular Hbond substituents is 2. The van der Waals surface area contributed by atoms with Crippen molar-refractivity contribution in [2.45, 2.75) is 32.3 Å². The molecule has 2 aliphatic rings. The van der Waals surface area contributed by atoms with Gasteiger partial charge in [0, 0.05) is 23.3 Å². The third-order valence-corrected chi connectivity index (χ3v) is 5.00. The van der Waals surface area contributed by atoms with Crippen LogP contribution >= 0.6 is 0 Å². The van der Waals surface area contributed by atoms with Crippen molar-refractivity contribution in [1.29, 1.82) is 0 Å². The van der Waals surface area contributed by atoms with E-state index < -0.39 is 0 Å². The van der Waals surface area contributed by atoms with Crippen LogP contribution in [0, 0.1) is 0 Å². The number of benzene rings is 2. The molecule has 0 bridgehead atoms. The van der Waals surface area contributed by atoms with Crippen molar-refractivity contribution in [2.75, 3.05) is 13.7 Å². The molecule has 2 atom stereocenters. The Labute approximate surface area is 152 Å². The summed E-state index contributed by atoms with van der Waals surface area (Å²) in [6.45, 7) is 4.49. The van der Waals surface area contributed by atoms with E-state index in [4.69, 9.17) is 14.2 Å². The van der Waals surface area contributed by atoms with Gasteiger partial charge in [-0.15, -0.1) is 0 Å². The summed E-state index contributed by atoms with van der Waals surface area (Å²) in [7, 11) is 1.60. The van der Waals surface area contributed by atoms with Gasteiger partial charge in [-0.25, -0.2) is 0 Å². The fourth-order valence-electron chi connectivity index (χ4n) is 3.74. The predicted octanol–water partition coefficient (Wildman–Crippen LogP) is 4.22. The van der Waals surface area contributed by atoms with Gasteiger partial charge in [0.1, 0.15) is 34.9 Å². The molecule has 2 aromatic carbocycles. The molecule has 136 valence electrons. The highest BCUT2D eigenvalue weighted by molar-refractivity contribution is 5.62. The first-order chi connectivity index (χ1) is 12.5. The van der Waals surface area contributed by atoms with Crippen molar-refractivity contribution in [3.05, 3.63) is 52.6 Å². The van der Waals surface area contributed by atoms with E-state index in [9.17, 15) is 10.2 Å². The van der Waals surface area contributed by atoms with Crippen LogP contribution in [0.25, 0.3) is 0 Å². The molecule has 2 N–H and O–H groups in total. The Balaban J connectivity index is 1.83. The minimum Gasteiger partial charge on any atom is -0.508 e. The second-order valence-electron chi connectivity index (χ2n) is 6.98. The maximum Gasteiger partial charge on any atom is 0.141 e. The summed E-state index contributed by atoms with van der Waals surface area (Å²) in [5, 5.41) is 20.2. The molecule has 0 radical (unpaired) electrons. The number of rotatable bonds is 3. The number of aromatic hydroxyl groups is 2. The second-order valence-corrected chi connectivity index (χ2v) is 6.98. The van der Waals surface area contributed by atoms with Crippen molar-refractivity contribution in [3.63, 3.8) is 0 Å². The number of fused-ring (bicyclic) bond motifs is 5. The van der Waals surface area contributed by atoms with Crippen LogP contribution < -0.4 is 14.2 Å². The number of phenols is 2. The number of ether oxygens (including phenoxy) is 3. The summed E-state index contributed by atoms with van der Waals surface area (Å²) in [5.74, 6) is 2.20. The first-order valence-electron chi connectivity index (χ1n) is 8.68. The summed E-state index contributed by atoms with van der Waals surface area (Å²) in [5.41, 5.74) is 3.71. The maximum absolute atomic E-state index is 10.5. The summed E-state index contributed by atoms with van der Waals surface area (Å²) >= 11 is 0. The average molecular weight is 354 g/mol. The Morgan fingerprint density at radius 1 is 1.23 bits per heavy atom. The van der Waals surface area contributed by atoms with Crippen LogP contribution in [0.4, 0.5) is 0 Å². The summed E-state index contributed by atoms with van der Waals surface area (Å²) in [4.78, 5) is 0. The van der Waals surface area contributed by atoms with Gasteiger partial charge < -0.3 is 24.4 Å². The molecule has 5 heteroatoms. The van der Waals surface area contributed by atoms with Gasteiger partial charge in [0.2, 0.25) is 0 Å². The molecule has 0 aliphatic carbocycles. The lowest BCUT2D eigenvalue weighted by Gasteiger charge is -2.30. The van der Waals surface area contributed by atoms with E-state index in [-0.39, 0.29) is 23.5 Å². The van der Waals surface area contributed by atoms with Crippen molar-refractivity contribution in [3.8, 4) is 28.7 Å². The van der Waals surface area contributed by atoms with Gasteiger partial charge in [-0.1, -0.05) is 17.7 Å². The Bertz CT molecular complexity index is 896. The molecule has 0 amide bonds. The quantitative estimate of drug-likeness (QED) is 0.808. The molecule has 0 fully saturated rings. The van der Waals surface area contributed by atoms with Gasteiger partial charge in [-0.05, 0) is 26.3 Å². The molecule has 2 aromatic rings. The highest BCUT2D eigenvalue weighted by atomic mass is 16.5.